The second-order valence-corrected chi connectivity index (χ2v) is 6.50. The normalized spacial score (nSPS) is 16.3. The highest BCUT2D eigenvalue weighted by Crippen LogP contribution is 2.17. The maximum atomic E-state index is 12.2. The van der Waals surface area contributed by atoms with Crippen LogP contribution in [0.2, 0.25) is 0 Å². The summed E-state index contributed by atoms with van der Waals surface area (Å²) >= 11 is 0. The number of hydrogen-bond acceptors (Lipinski definition) is 3. The Morgan fingerprint density at radius 3 is 2.43 bits per heavy atom. The molecular weight excluding hydrogens is 290 g/mol. The van der Waals surface area contributed by atoms with Crippen LogP contribution in [0.15, 0.2) is 24.3 Å². The highest BCUT2D eigenvalue weighted by Gasteiger charge is 2.24. The first kappa shape index (κ1) is 17.5. The molecule has 0 heterocycles. The molecule has 5 heteroatoms. The SMILES string of the molecule is Cc1ccc(NC(=O)CN(C)C(C)C(=O)NC2CCCC2)cc1. The number of likely N-dealkylation sites (N-methyl/N-ethyl adjacent to an activating group) is 1. The predicted molar refractivity (Wildman–Crippen MR) is 92.3 cm³/mol. The van der Waals surface area contributed by atoms with Gasteiger partial charge in [0.15, 0.2) is 0 Å². The zero-order chi connectivity index (χ0) is 16.8. The van der Waals surface area contributed by atoms with Crippen LogP contribution in [0.4, 0.5) is 5.69 Å². The highest BCUT2D eigenvalue weighted by atomic mass is 16.2. The molecule has 1 fully saturated rings. The van der Waals surface area contributed by atoms with Crippen molar-refractivity contribution in [2.75, 3.05) is 18.9 Å². The van der Waals surface area contributed by atoms with Gasteiger partial charge in [-0.15, -0.1) is 0 Å². The molecule has 2 N–H and O–H groups in total. The Morgan fingerprint density at radius 2 is 1.83 bits per heavy atom. The third-order valence-electron chi connectivity index (χ3n) is 4.47. The number of carbonyl (C=O) groups excluding carboxylic acids is 2. The Kier molecular flexibility index (Phi) is 6.16. The average Bonchev–Trinajstić information content (AvgIpc) is 3.01. The molecule has 2 amide bonds. The van der Waals surface area contributed by atoms with E-state index in [1.165, 1.54) is 12.8 Å². The van der Waals surface area contributed by atoms with Crippen molar-refractivity contribution in [2.45, 2.75) is 51.6 Å². The molecule has 0 aromatic heterocycles. The summed E-state index contributed by atoms with van der Waals surface area (Å²) in [6.07, 6.45) is 4.51. The Balaban J connectivity index is 1.79. The highest BCUT2D eigenvalue weighted by molar-refractivity contribution is 5.92. The molecule has 5 nitrogen and oxygen atoms in total. The molecule has 1 aromatic carbocycles. The fourth-order valence-electron chi connectivity index (χ4n) is 2.79. The van der Waals surface area contributed by atoms with Gasteiger partial charge < -0.3 is 10.6 Å². The average molecular weight is 317 g/mol. The van der Waals surface area contributed by atoms with Gasteiger partial charge in [0.2, 0.25) is 11.8 Å². The van der Waals surface area contributed by atoms with E-state index in [1.807, 2.05) is 38.1 Å². The fraction of sp³-hybridized carbons (Fsp3) is 0.556. The smallest absolute Gasteiger partial charge is 0.238 e. The van der Waals surface area contributed by atoms with Crippen LogP contribution in [-0.2, 0) is 9.59 Å². The van der Waals surface area contributed by atoms with Crippen LogP contribution in [0.3, 0.4) is 0 Å². The lowest BCUT2D eigenvalue weighted by molar-refractivity contribution is -0.127. The van der Waals surface area contributed by atoms with Crippen molar-refractivity contribution in [2.24, 2.45) is 0 Å². The van der Waals surface area contributed by atoms with E-state index in [1.54, 1.807) is 11.9 Å². The quantitative estimate of drug-likeness (QED) is 0.846. The van der Waals surface area contributed by atoms with E-state index in [0.29, 0.717) is 6.04 Å². The fourth-order valence-corrected chi connectivity index (χ4v) is 2.79. The minimum absolute atomic E-state index is 0.00235. The van der Waals surface area contributed by atoms with Crippen LogP contribution in [-0.4, -0.2) is 42.4 Å². The molecule has 2 rings (SSSR count). The lowest BCUT2D eigenvalue weighted by Gasteiger charge is -2.25. The molecule has 1 saturated carbocycles. The lowest BCUT2D eigenvalue weighted by Crippen LogP contribution is -2.48. The van der Waals surface area contributed by atoms with E-state index in [4.69, 9.17) is 0 Å². The zero-order valence-corrected chi connectivity index (χ0v) is 14.3. The Morgan fingerprint density at radius 1 is 1.22 bits per heavy atom. The van der Waals surface area contributed by atoms with Gasteiger partial charge in [0.25, 0.3) is 0 Å². The minimum atomic E-state index is -0.320. The monoisotopic (exact) mass is 317 g/mol. The van der Waals surface area contributed by atoms with E-state index in [2.05, 4.69) is 10.6 Å². The topological polar surface area (TPSA) is 61.4 Å². The molecular formula is C18H27N3O2. The first-order valence-corrected chi connectivity index (χ1v) is 8.33. The van der Waals surface area contributed by atoms with Crippen molar-refractivity contribution in [3.05, 3.63) is 29.8 Å². The van der Waals surface area contributed by atoms with Crippen LogP contribution in [0, 0.1) is 6.92 Å². The molecule has 0 saturated heterocycles. The number of anilines is 1. The van der Waals surface area contributed by atoms with Crippen molar-refractivity contribution >= 4 is 17.5 Å². The summed E-state index contributed by atoms with van der Waals surface area (Å²) in [6, 6.07) is 7.65. The summed E-state index contributed by atoms with van der Waals surface area (Å²) in [4.78, 5) is 26.1. The third kappa shape index (κ3) is 5.36. The van der Waals surface area contributed by atoms with E-state index in [9.17, 15) is 9.59 Å². The summed E-state index contributed by atoms with van der Waals surface area (Å²) in [5, 5.41) is 5.93. The second-order valence-electron chi connectivity index (χ2n) is 6.50. The van der Waals surface area contributed by atoms with Gasteiger partial charge in [-0.25, -0.2) is 0 Å². The minimum Gasteiger partial charge on any atom is -0.352 e. The number of aryl methyl sites for hydroxylation is 1. The number of benzene rings is 1. The van der Waals surface area contributed by atoms with Gasteiger partial charge >= 0.3 is 0 Å². The van der Waals surface area contributed by atoms with Crippen LogP contribution >= 0.6 is 0 Å². The molecule has 23 heavy (non-hydrogen) atoms. The van der Waals surface area contributed by atoms with Crippen molar-refractivity contribution in [3.63, 3.8) is 0 Å². The standard InChI is InChI=1S/C18H27N3O2/c1-13-8-10-16(11-9-13)19-17(22)12-21(3)14(2)18(23)20-15-6-4-5-7-15/h8-11,14-15H,4-7,12H2,1-3H3,(H,19,22)(H,20,23). The molecule has 1 unspecified atom stereocenters. The van der Waals surface area contributed by atoms with Crippen molar-refractivity contribution in [1.82, 2.24) is 10.2 Å². The molecule has 1 aromatic rings. The van der Waals surface area contributed by atoms with Crippen LogP contribution in [0.1, 0.15) is 38.2 Å². The summed E-state index contributed by atoms with van der Waals surface area (Å²) in [5.41, 5.74) is 1.93. The Bertz CT molecular complexity index is 536. The number of amides is 2. The summed E-state index contributed by atoms with van der Waals surface area (Å²) < 4.78 is 0. The van der Waals surface area contributed by atoms with Crippen molar-refractivity contribution < 1.29 is 9.59 Å². The number of carbonyl (C=O) groups is 2. The van der Waals surface area contributed by atoms with E-state index < -0.39 is 0 Å². The third-order valence-corrected chi connectivity index (χ3v) is 4.47. The van der Waals surface area contributed by atoms with E-state index in [-0.39, 0.29) is 24.4 Å². The molecule has 0 radical (unpaired) electrons. The molecule has 0 aliphatic heterocycles. The summed E-state index contributed by atoms with van der Waals surface area (Å²) in [5.74, 6) is -0.112. The molecule has 0 bridgehead atoms. The van der Waals surface area contributed by atoms with E-state index in [0.717, 1.165) is 24.1 Å². The van der Waals surface area contributed by atoms with Crippen molar-refractivity contribution in [3.8, 4) is 0 Å². The lowest BCUT2D eigenvalue weighted by atomic mass is 10.2. The van der Waals surface area contributed by atoms with Gasteiger partial charge in [0.1, 0.15) is 0 Å². The molecule has 1 aliphatic rings. The zero-order valence-electron chi connectivity index (χ0n) is 14.3. The number of hydrogen-bond donors (Lipinski definition) is 2. The Labute approximate surface area is 138 Å². The van der Waals surface area contributed by atoms with Crippen LogP contribution in [0.5, 0.6) is 0 Å². The van der Waals surface area contributed by atoms with Crippen LogP contribution in [0.25, 0.3) is 0 Å². The number of rotatable bonds is 6. The van der Waals surface area contributed by atoms with E-state index >= 15 is 0 Å². The predicted octanol–water partition coefficient (Wildman–Crippen LogP) is 2.31. The van der Waals surface area contributed by atoms with Gasteiger partial charge in [-0.2, -0.15) is 0 Å². The van der Waals surface area contributed by atoms with Gasteiger partial charge in [-0.1, -0.05) is 30.5 Å². The first-order chi connectivity index (χ1) is 11.0. The number of nitrogens with one attached hydrogen (secondary N) is 2. The summed E-state index contributed by atoms with van der Waals surface area (Å²) in [6.45, 7) is 4.03. The van der Waals surface area contributed by atoms with Gasteiger partial charge in [-0.05, 0) is 45.9 Å². The Hall–Kier alpha value is -1.88. The maximum absolute atomic E-state index is 12.2. The summed E-state index contributed by atoms with van der Waals surface area (Å²) in [7, 11) is 1.80. The molecule has 1 atom stereocenters. The van der Waals surface area contributed by atoms with Gasteiger partial charge in [0, 0.05) is 11.7 Å². The first-order valence-electron chi connectivity index (χ1n) is 8.33. The van der Waals surface area contributed by atoms with Gasteiger partial charge in [-0.3, -0.25) is 14.5 Å². The van der Waals surface area contributed by atoms with Crippen LogP contribution < -0.4 is 10.6 Å². The van der Waals surface area contributed by atoms with Crippen molar-refractivity contribution in [1.29, 1.82) is 0 Å². The van der Waals surface area contributed by atoms with Gasteiger partial charge in [0.05, 0.1) is 12.6 Å². The molecule has 0 spiro atoms. The molecule has 126 valence electrons. The number of nitrogens with zero attached hydrogens (tertiary/aromatic N) is 1. The largest absolute Gasteiger partial charge is 0.352 e. The second kappa shape index (κ2) is 8.11. The maximum Gasteiger partial charge on any atom is 0.238 e. The molecule has 1 aliphatic carbocycles.